The summed E-state index contributed by atoms with van der Waals surface area (Å²) in [6, 6.07) is 4.31. The molecule has 0 fully saturated rings. The number of carbonyl (C=O) groups is 1. The fraction of sp³-hybridized carbons (Fsp3) is 0.417. The second kappa shape index (κ2) is 5.63. The molecule has 2 atom stereocenters. The molecule has 0 saturated carbocycles. The van der Waals surface area contributed by atoms with Crippen molar-refractivity contribution in [1.29, 1.82) is 0 Å². The summed E-state index contributed by atoms with van der Waals surface area (Å²) in [5.41, 5.74) is 0.160. The van der Waals surface area contributed by atoms with Crippen LogP contribution in [0.3, 0.4) is 0 Å². The molecule has 0 aliphatic carbocycles. The van der Waals surface area contributed by atoms with E-state index >= 15 is 0 Å². The van der Waals surface area contributed by atoms with Gasteiger partial charge in [0.25, 0.3) is 0 Å². The molecule has 1 aromatic rings. The minimum Gasteiger partial charge on any atom is -0.496 e. The molecule has 0 spiro atoms. The number of aliphatic hydroxyl groups is 1. The highest BCUT2D eigenvalue weighted by atomic mass is 19.1. The molecule has 17 heavy (non-hydrogen) atoms. The Morgan fingerprint density at radius 3 is 2.59 bits per heavy atom. The van der Waals surface area contributed by atoms with Crippen LogP contribution in [0.1, 0.15) is 18.4 Å². The third kappa shape index (κ3) is 2.74. The maximum atomic E-state index is 13.7. The summed E-state index contributed by atoms with van der Waals surface area (Å²) in [7, 11) is 2.56. The fourth-order valence-corrected chi connectivity index (χ4v) is 1.62. The van der Waals surface area contributed by atoms with Gasteiger partial charge in [-0.2, -0.15) is 0 Å². The number of rotatable bonds is 4. The molecule has 0 aliphatic heterocycles. The third-order valence-corrected chi connectivity index (χ3v) is 2.60. The zero-order valence-corrected chi connectivity index (χ0v) is 9.94. The lowest BCUT2D eigenvalue weighted by molar-refractivity contribution is -0.151. The Bertz CT molecular complexity index is 405. The van der Waals surface area contributed by atoms with Crippen molar-refractivity contribution in [2.45, 2.75) is 18.9 Å². The minimum absolute atomic E-state index is 0.160. The van der Waals surface area contributed by atoms with E-state index in [4.69, 9.17) is 4.74 Å². The van der Waals surface area contributed by atoms with E-state index < -0.39 is 23.8 Å². The zero-order valence-electron chi connectivity index (χ0n) is 9.94. The van der Waals surface area contributed by atoms with Gasteiger partial charge in [-0.15, -0.1) is 0 Å². The lowest BCUT2D eigenvalue weighted by Gasteiger charge is -2.19. The minimum atomic E-state index is -1.43. The second-order valence-electron chi connectivity index (χ2n) is 3.61. The van der Waals surface area contributed by atoms with Crippen LogP contribution >= 0.6 is 0 Å². The Labute approximate surface area is 99.0 Å². The highest BCUT2D eigenvalue weighted by Crippen LogP contribution is 2.31. The molecule has 1 aromatic carbocycles. The van der Waals surface area contributed by atoms with E-state index in [1.165, 1.54) is 26.2 Å². The van der Waals surface area contributed by atoms with Gasteiger partial charge in [-0.1, -0.05) is 13.0 Å². The first-order valence-electron chi connectivity index (χ1n) is 5.11. The summed E-state index contributed by atoms with van der Waals surface area (Å²) in [5, 5.41) is 9.69. The molecule has 94 valence electrons. The number of carbonyl (C=O) groups excluding carboxylic acids is 1. The predicted molar refractivity (Wildman–Crippen MR) is 59.4 cm³/mol. The monoisotopic (exact) mass is 242 g/mol. The summed E-state index contributed by atoms with van der Waals surface area (Å²) in [6.45, 7) is 1.53. The van der Waals surface area contributed by atoms with Crippen molar-refractivity contribution < 1.29 is 23.8 Å². The van der Waals surface area contributed by atoms with E-state index in [1.807, 2.05) is 0 Å². The lowest BCUT2D eigenvalue weighted by Crippen LogP contribution is -2.28. The number of benzene rings is 1. The van der Waals surface area contributed by atoms with Crippen LogP contribution < -0.4 is 4.74 Å². The number of halogens is 1. The van der Waals surface area contributed by atoms with Crippen LogP contribution in [-0.4, -0.2) is 31.4 Å². The van der Waals surface area contributed by atoms with Crippen molar-refractivity contribution in [2.24, 2.45) is 0 Å². The largest absolute Gasteiger partial charge is 0.496 e. The number of hydrogen-bond acceptors (Lipinski definition) is 4. The Morgan fingerprint density at radius 1 is 1.41 bits per heavy atom. The van der Waals surface area contributed by atoms with E-state index in [-0.39, 0.29) is 5.56 Å². The SMILES string of the molecule is COC(=O)C(O)C(C)c1c(F)cccc1OC. The topological polar surface area (TPSA) is 55.8 Å². The van der Waals surface area contributed by atoms with Gasteiger partial charge in [0.05, 0.1) is 14.2 Å². The first kappa shape index (κ1) is 13.4. The summed E-state index contributed by atoms with van der Waals surface area (Å²) in [6.07, 6.45) is -1.43. The predicted octanol–water partition coefficient (Wildman–Crippen LogP) is 1.47. The normalized spacial score (nSPS) is 13.9. The fourth-order valence-electron chi connectivity index (χ4n) is 1.62. The molecule has 0 bridgehead atoms. The lowest BCUT2D eigenvalue weighted by atomic mass is 9.94. The maximum absolute atomic E-state index is 13.7. The number of hydrogen-bond donors (Lipinski definition) is 1. The molecule has 4 nitrogen and oxygen atoms in total. The van der Waals surface area contributed by atoms with Gasteiger partial charge in [-0.3, -0.25) is 0 Å². The third-order valence-electron chi connectivity index (χ3n) is 2.60. The highest BCUT2D eigenvalue weighted by Gasteiger charge is 2.28. The molecular formula is C12H15FO4. The molecule has 0 aromatic heterocycles. The summed E-state index contributed by atoms with van der Waals surface area (Å²) in [5.74, 6) is -1.79. The molecule has 1 rings (SSSR count). The van der Waals surface area contributed by atoms with Crippen molar-refractivity contribution in [3.8, 4) is 5.75 Å². The van der Waals surface area contributed by atoms with Crippen molar-refractivity contribution in [1.82, 2.24) is 0 Å². The van der Waals surface area contributed by atoms with E-state index in [9.17, 15) is 14.3 Å². The van der Waals surface area contributed by atoms with Gasteiger partial charge in [-0.25, -0.2) is 9.18 Å². The molecule has 0 saturated heterocycles. The number of methoxy groups -OCH3 is 2. The summed E-state index contributed by atoms with van der Waals surface area (Å²) >= 11 is 0. The van der Waals surface area contributed by atoms with Crippen LogP contribution in [-0.2, 0) is 9.53 Å². The molecule has 2 unspecified atom stereocenters. The van der Waals surface area contributed by atoms with Crippen LogP contribution in [0.25, 0.3) is 0 Å². The van der Waals surface area contributed by atoms with E-state index in [2.05, 4.69) is 4.74 Å². The first-order valence-corrected chi connectivity index (χ1v) is 5.11. The number of esters is 1. The van der Waals surface area contributed by atoms with Crippen molar-refractivity contribution in [3.63, 3.8) is 0 Å². The average molecular weight is 242 g/mol. The molecule has 0 heterocycles. The van der Waals surface area contributed by atoms with Crippen molar-refractivity contribution >= 4 is 5.97 Å². The first-order chi connectivity index (χ1) is 8.02. The molecule has 0 aliphatic rings. The second-order valence-corrected chi connectivity index (χ2v) is 3.61. The molecule has 0 amide bonds. The van der Waals surface area contributed by atoms with E-state index in [0.29, 0.717) is 5.75 Å². The maximum Gasteiger partial charge on any atom is 0.335 e. The Kier molecular flexibility index (Phi) is 4.45. The summed E-state index contributed by atoms with van der Waals surface area (Å²) < 4.78 is 23.1. The smallest absolute Gasteiger partial charge is 0.335 e. The van der Waals surface area contributed by atoms with Crippen molar-refractivity contribution in [3.05, 3.63) is 29.6 Å². The van der Waals surface area contributed by atoms with Gasteiger partial charge in [-0.05, 0) is 12.1 Å². The van der Waals surface area contributed by atoms with Gasteiger partial charge >= 0.3 is 5.97 Å². The highest BCUT2D eigenvalue weighted by molar-refractivity contribution is 5.75. The van der Waals surface area contributed by atoms with Gasteiger partial charge in [0.15, 0.2) is 6.10 Å². The molecule has 5 heteroatoms. The van der Waals surface area contributed by atoms with Crippen LogP contribution in [0.5, 0.6) is 5.75 Å². The Hall–Kier alpha value is -1.62. The van der Waals surface area contributed by atoms with Crippen LogP contribution in [0, 0.1) is 5.82 Å². The van der Waals surface area contributed by atoms with Gasteiger partial charge in [0.1, 0.15) is 11.6 Å². The van der Waals surface area contributed by atoms with Gasteiger partial charge in [0, 0.05) is 11.5 Å². The van der Waals surface area contributed by atoms with Gasteiger partial charge in [0.2, 0.25) is 0 Å². The van der Waals surface area contributed by atoms with Crippen LogP contribution in [0.15, 0.2) is 18.2 Å². The number of aliphatic hydroxyl groups excluding tert-OH is 1. The van der Waals surface area contributed by atoms with Gasteiger partial charge < -0.3 is 14.6 Å². The van der Waals surface area contributed by atoms with Crippen LogP contribution in [0.2, 0.25) is 0 Å². The molecular weight excluding hydrogens is 227 g/mol. The quantitative estimate of drug-likeness (QED) is 0.812. The molecule has 1 N–H and O–H groups in total. The number of ether oxygens (including phenoxy) is 2. The average Bonchev–Trinajstić information content (AvgIpc) is 2.35. The van der Waals surface area contributed by atoms with E-state index in [1.54, 1.807) is 6.07 Å². The standard InChI is InChI=1S/C12H15FO4/c1-7(11(14)12(15)17-3)10-8(13)5-4-6-9(10)16-2/h4-7,11,14H,1-3H3. The Morgan fingerprint density at radius 2 is 2.06 bits per heavy atom. The van der Waals surface area contributed by atoms with Crippen LogP contribution in [0.4, 0.5) is 4.39 Å². The zero-order chi connectivity index (χ0) is 13.0. The van der Waals surface area contributed by atoms with E-state index in [0.717, 1.165) is 7.11 Å². The Balaban J connectivity index is 3.10. The summed E-state index contributed by atoms with van der Waals surface area (Å²) in [4.78, 5) is 11.2. The molecule has 0 radical (unpaired) electrons. The van der Waals surface area contributed by atoms with Crippen molar-refractivity contribution in [2.75, 3.05) is 14.2 Å².